The number of nitrogens with zero attached hydrogens (tertiary/aromatic N) is 3. The van der Waals surface area contributed by atoms with Crippen LogP contribution in [0.25, 0.3) is 11.0 Å². The van der Waals surface area contributed by atoms with E-state index in [1.807, 2.05) is 56.3 Å². The van der Waals surface area contributed by atoms with Gasteiger partial charge >= 0.3 is 0 Å². The van der Waals surface area contributed by atoms with Crippen LogP contribution in [-0.2, 0) is 0 Å². The smallest absolute Gasteiger partial charge is 0.254 e. The molecule has 0 unspecified atom stereocenters. The summed E-state index contributed by atoms with van der Waals surface area (Å²) < 4.78 is 11.1. The molecule has 0 saturated carbocycles. The van der Waals surface area contributed by atoms with Gasteiger partial charge in [-0.2, -0.15) is 0 Å². The van der Waals surface area contributed by atoms with Gasteiger partial charge in [0.2, 0.25) is 0 Å². The minimum absolute atomic E-state index is 0.00815. The molecular weight excluding hydrogens is 342 g/mol. The number of methoxy groups -OCH3 is 1. The monoisotopic (exact) mass is 363 g/mol. The number of carbonyl (C=O) groups is 1. The number of hydrogen-bond acceptors (Lipinski definition) is 5. The van der Waals surface area contributed by atoms with Gasteiger partial charge in [0.25, 0.3) is 5.91 Å². The Labute approximate surface area is 157 Å². The summed E-state index contributed by atoms with van der Waals surface area (Å²) in [5, 5.41) is 0. The fraction of sp³-hybridized carbons (Fsp3) is 0.286. The Morgan fingerprint density at radius 2 is 1.70 bits per heavy atom. The molecule has 6 heteroatoms. The Morgan fingerprint density at radius 1 is 1.00 bits per heavy atom. The molecule has 1 aliphatic heterocycles. The Morgan fingerprint density at radius 3 is 2.44 bits per heavy atom. The number of carbonyl (C=O) groups excluding carboxylic acids is 1. The lowest BCUT2D eigenvalue weighted by Crippen LogP contribution is -2.56. The lowest BCUT2D eigenvalue weighted by atomic mass is 10.1. The molecule has 0 spiro atoms. The third-order valence-corrected chi connectivity index (χ3v) is 4.80. The SMILES string of the molecule is COc1cccc(OC2CN(C(=O)c3ccc4nc(C)c(C)nc4c3)C2)c1. The number of aromatic nitrogens is 2. The molecule has 27 heavy (non-hydrogen) atoms. The lowest BCUT2D eigenvalue weighted by molar-refractivity contribution is 0.0177. The second-order valence-corrected chi connectivity index (χ2v) is 6.73. The van der Waals surface area contributed by atoms with Crippen LogP contribution in [0.2, 0.25) is 0 Å². The minimum atomic E-state index is -0.0116. The van der Waals surface area contributed by atoms with Gasteiger partial charge in [-0.15, -0.1) is 0 Å². The van der Waals surface area contributed by atoms with Crippen molar-refractivity contribution in [1.29, 1.82) is 0 Å². The summed E-state index contributed by atoms with van der Waals surface area (Å²) in [4.78, 5) is 23.6. The van der Waals surface area contributed by atoms with Crippen molar-refractivity contribution in [1.82, 2.24) is 14.9 Å². The standard InChI is InChI=1S/C21H21N3O3/c1-13-14(2)23-20-9-15(7-8-19(20)22-13)21(25)24-11-18(12-24)27-17-6-4-5-16(10-17)26-3/h4-10,18H,11-12H2,1-3H3. The molecule has 1 fully saturated rings. The van der Waals surface area contributed by atoms with Crippen molar-refractivity contribution >= 4 is 16.9 Å². The predicted molar refractivity (Wildman–Crippen MR) is 102 cm³/mol. The molecular formula is C21H21N3O3. The molecule has 2 aromatic carbocycles. The first kappa shape index (κ1) is 17.3. The Balaban J connectivity index is 1.42. The highest BCUT2D eigenvalue weighted by Gasteiger charge is 2.33. The molecule has 0 radical (unpaired) electrons. The first-order chi connectivity index (χ1) is 13.0. The Hall–Kier alpha value is -3.15. The highest BCUT2D eigenvalue weighted by Crippen LogP contribution is 2.24. The molecule has 3 aromatic rings. The molecule has 138 valence electrons. The van der Waals surface area contributed by atoms with Crippen LogP contribution in [0.1, 0.15) is 21.7 Å². The molecule has 2 heterocycles. The van der Waals surface area contributed by atoms with Crippen LogP contribution in [-0.4, -0.2) is 47.1 Å². The van der Waals surface area contributed by atoms with Crippen LogP contribution in [0.4, 0.5) is 0 Å². The van der Waals surface area contributed by atoms with E-state index < -0.39 is 0 Å². The molecule has 0 aliphatic carbocycles. The summed E-state index contributed by atoms with van der Waals surface area (Å²) in [6, 6.07) is 13.0. The van der Waals surface area contributed by atoms with Crippen molar-refractivity contribution < 1.29 is 14.3 Å². The maximum atomic E-state index is 12.7. The second-order valence-electron chi connectivity index (χ2n) is 6.73. The largest absolute Gasteiger partial charge is 0.497 e. The van der Waals surface area contributed by atoms with Crippen molar-refractivity contribution in [2.75, 3.05) is 20.2 Å². The van der Waals surface area contributed by atoms with E-state index in [0.29, 0.717) is 18.7 Å². The third-order valence-electron chi connectivity index (χ3n) is 4.80. The molecule has 1 aliphatic rings. The number of hydrogen-bond donors (Lipinski definition) is 0. The first-order valence-electron chi connectivity index (χ1n) is 8.88. The number of benzene rings is 2. The molecule has 0 N–H and O–H groups in total. The molecule has 1 saturated heterocycles. The van der Waals surface area contributed by atoms with Crippen LogP contribution < -0.4 is 9.47 Å². The van der Waals surface area contributed by atoms with E-state index in [9.17, 15) is 4.79 Å². The highest BCUT2D eigenvalue weighted by molar-refractivity contribution is 5.97. The zero-order valence-corrected chi connectivity index (χ0v) is 15.6. The number of ether oxygens (including phenoxy) is 2. The van der Waals surface area contributed by atoms with E-state index in [1.165, 1.54) is 0 Å². The average molecular weight is 363 g/mol. The maximum Gasteiger partial charge on any atom is 0.254 e. The van der Waals surface area contributed by atoms with Gasteiger partial charge in [0.05, 0.1) is 42.6 Å². The van der Waals surface area contributed by atoms with Gasteiger partial charge < -0.3 is 14.4 Å². The number of fused-ring (bicyclic) bond motifs is 1. The van der Waals surface area contributed by atoms with E-state index in [0.717, 1.165) is 33.9 Å². The van der Waals surface area contributed by atoms with E-state index in [2.05, 4.69) is 9.97 Å². The van der Waals surface area contributed by atoms with E-state index in [-0.39, 0.29) is 12.0 Å². The van der Waals surface area contributed by atoms with Gasteiger partial charge in [-0.25, -0.2) is 9.97 Å². The second kappa shape index (κ2) is 6.87. The molecule has 0 bridgehead atoms. The summed E-state index contributed by atoms with van der Waals surface area (Å²) in [7, 11) is 1.62. The Bertz CT molecular complexity index is 1010. The number of amides is 1. The van der Waals surface area contributed by atoms with Crippen molar-refractivity contribution in [3.8, 4) is 11.5 Å². The summed E-state index contributed by atoms with van der Waals surface area (Å²) in [5.74, 6) is 1.49. The van der Waals surface area contributed by atoms with Crippen molar-refractivity contribution in [2.24, 2.45) is 0 Å². The average Bonchev–Trinajstić information content (AvgIpc) is 2.64. The van der Waals surface area contributed by atoms with Gasteiger partial charge in [0, 0.05) is 11.6 Å². The third kappa shape index (κ3) is 3.43. The quantitative estimate of drug-likeness (QED) is 0.712. The van der Waals surface area contributed by atoms with Crippen LogP contribution >= 0.6 is 0 Å². The molecule has 4 rings (SSSR count). The number of likely N-dealkylation sites (tertiary alicyclic amines) is 1. The van der Waals surface area contributed by atoms with Gasteiger partial charge in [-0.05, 0) is 44.2 Å². The molecule has 1 amide bonds. The molecule has 1 aromatic heterocycles. The van der Waals surface area contributed by atoms with Crippen LogP contribution in [0.15, 0.2) is 42.5 Å². The van der Waals surface area contributed by atoms with Gasteiger partial charge in [0.1, 0.15) is 17.6 Å². The van der Waals surface area contributed by atoms with Gasteiger partial charge in [0.15, 0.2) is 0 Å². The zero-order chi connectivity index (χ0) is 19.0. The predicted octanol–water partition coefficient (Wildman–Crippen LogP) is 3.16. The summed E-state index contributed by atoms with van der Waals surface area (Å²) in [6.45, 7) is 4.98. The van der Waals surface area contributed by atoms with E-state index in [1.54, 1.807) is 12.0 Å². The normalized spacial score (nSPS) is 14.1. The number of rotatable bonds is 4. The van der Waals surface area contributed by atoms with E-state index in [4.69, 9.17) is 9.47 Å². The fourth-order valence-corrected chi connectivity index (χ4v) is 3.09. The van der Waals surface area contributed by atoms with Gasteiger partial charge in [-0.1, -0.05) is 6.07 Å². The Kier molecular flexibility index (Phi) is 4.39. The first-order valence-corrected chi connectivity index (χ1v) is 8.88. The molecule has 0 atom stereocenters. The molecule has 6 nitrogen and oxygen atoms in total. The summed E-state index contributed by atoms with van der Waals surface area (Å²) >= 11 is 0. The zero-order valence-electron chi connectivity index (χ0n) is 15.6. The van der Waals surface area contributed by atoms with Gasteiger partial charge in [-0.3, -0.25) is 4.79 Å². The maximum absolute atomic E-state index is 12.7. The lowest BCUT2D eigenvalue weighted by Gasteiger charge is -2.39. The number of aryl methyl sites for hydroxylation is 2. The van der Waals surface area contributed by atoms with Crippen molar-refractivity contribution in [3.05, 3.63) is 59.4 Å². The van der Waals surface area contributed by atoms with Crippen LogP contribution in [0.5, 0.6) is 11.5 Å². The van der Waals surface area contributed by atoms with Crippen molar-refractivity contribution in [3.63, 3.8) is 0 Å². The van der Waals surface area contributed by atoms with Crippen LogP contribution in [0.3, 0.4) is 0 Å². The summed E-state index contributed by atoms with van der Waals surface area (Å²) in [6.07, 6.45) is -0.00815. The minimum Gasteiger partial charge on any atom is -0.497 e. The summed E-state index contributed by atoms with van der Waals surface area (Å²) in [5.41, 5.74) is 3.95. The van der Waals surface area contributed by atoms with Crippen LogP contribution in [0, 0.1) is 13.8 Å². The van der Waals surface area contributed by atoms with Crippen molar-refractivity contribution in [2.45, 2.75) is 20.0 Å². The highest BCUT2D eigenvalue weighted by atomic mass is 16.5. The topological polar surface area (TPSA) is 64.6 Å². The van der Waals surface area contributed by atoms with E-state index >= 15 is 0 Å². The fourth-order valence-electron chi connectivity index (χ4n) is 3.09.